The minimum atomic E-state index is -0.139. The lowest BCUT2D eigenvalue weighted by Gasteiger charge is -2.02. The molecule has 0 aliphatic carbocycles. The molecule has 110 valence electrons. The molecule has 0 amide bonds. The summed E-state index contributed by atoms with van der Waals surface area (Å²) in [6.45, 7) is 6.71. The largest absolute Gasteiger partial charge is 0.328 e. The van der Waals surface area contributed by atoms with Gasteiger partial charge >= 0.3 is 5.69 Å². The van der Waals surface area contributed by atoms with Crippen molar-refractivity contribution in [1.82, 2.24) is 19.1 Å². The van der Waals surface area contributed by atoms with E-state index in [1.165, 1.54) is 11.3 Å². The quantitative estimate of drug-likeness (QED) is 0.799. The summed E-state index contributed by atoms with van der Waals surface area (Å²) in [6.07, 6.45) is 3.44. The van der Waals surface area contributed by atoms with Gasteiger partial charge < -0.3 is 4.98 Å². The van der Waals surface area contributed by atoms with Gasteiger partial charge in [0, 0.05) is 23.8 Å². The summed E-state index contributed by atoms with van der Waals surface area (Å²) in [7, 11) is 0. The van der Waals surface area contributed by atoms with Crippen LogP contribution in [0.1, 0.15) is 23.2 Å². The van der Waals surface area contributed by atoms with E-state index in [1.807, 2.05) is 20.8 Å². The Morgan fingerprint density at radius 3 is 2.62 bits per heavy atom. The van der Waals surface area contributed by atoms with Crippen LogP contribution in [0.25, 0.3) is 10.2 Å². The zero-order valence-corrected chi connectivity index (χ0v) is 13.0. The Bertz CT molecular complexity index is 929. The van der Waals surface area contributed by atoms with E-state index in [1.54, 1.807) is 21.5 Å². The molecule has 7 heteroatoms. The third-order valence-electron chi connectivity index (χ3n) is 3.67. The molecule has 0 bridgehead atoms. The first-order valence-electron chi connectivity index (χ1n) is 6.75. The van der Waals surface area contributed by atoms with E-state index in [4.69, 9.17) is 0 Å². The lowest BCUT2D eigenvalue weighted by Crippen LogP contribution is -2.25. The SMILES string of the molecule is CCn1ccn(Cc2nc3sc(C)c(C)c3c(=O)[nH]2)c1=O. The zero-order valence-electron chi connectivity index (χ0n) is 12.1. The van der Waals surface area contributed by atoms with Crippen LogP contribution < -0.4 is 11.2 Å². The molecule has 0 radical (unpaired) electrons. The van der Waals surface area contributed by atoms with E-state index < -0.39 is 0 Å². The molecule has 3 rings (SSSR count). The van der Waals surface area contributed by atoms with Gasteiger partial charge in [0.15, 0.2) is 0 Å². The second kappa shape index (κ2) is 5.00. The number of thiophene rings is 1. The number of imidazole rings is 1. The van der Waals surface area contributed by atoms with Crippen molar-refractivity contribution >= 4 is 21.6 Å². The summed E-state index contributed by atoms with van der Waals surface area (Å²) in [5.74, 6) is 0.504. The number of hydrogen-bond acceptors (Lipinski definition) is 4. The van der Waals surface area contributed by atoms with Crippen molar-refractivity contribution in [3.63, 3.8) is 0 Å². The Labute approximate surface area is 124 Å². The van der Waals surface area contributed by atoms with Gasteiger partial charge in [-0.2, -0.15) is 0 Å². The third-order valence-corrected chi connectivity index (χ3v) is 4.77. The second-order valence-corrected chi connectivity index (χ2v) is 6.17. The van der Waals surface area contributed by atoms with Gasteiger partial charge in [-0.15, -0.1) is 11.3 Å². The van der Waals surface area contributed by atoms with Crippen LogP contribution in [0.4, 0.5) is 0 Å². The average Bonchev–Trinajstić information content (AvgIpc) is 2.92. The van der Waals surface area contributed by atoms with Gasteiger partial charge in [-0.1, -0.05) is 0 Å². The molecular weight excluding hydrogens is 288 g/mol. The summed E-state index contributed by atoms with van der Waals surface area (Å²) >= 11 is 1.51. The number of nitrogens with one attached hydrogen (secondary N) is 1. The van der Waals surface area contributed by atoms with Crippen LogP contribution in [0.15, 0.2) is 22.0 Å². The average molecular weight is 304 g/mol. The maximum Gasteiger partial charge on any atom is 0.328 e. The number of fused-ring (bicyclic) bond motifs is 1. The highest BCUT2D eigenvalue weighted by Crippen LogP contribution is 2.25. The van der Waals surface area contributed by atoms with Crippen molar-refractivity contribution in [1.29, 1.82) is 0 Å². The number of aryl methyl sites for hydroxylation is 3. The van der Waals surface area contributed by atoms with Crippen LogP contribution in [-0.2, 0) is 13.1 Å². The van der Waals surface area contributed by atoms with Gasteiger partial charge in [-0.05, 0) is 26.3 Å². The number of aromatic amines is 1. The van der Waals surface area contributed by atoms with Crippen molar-refractivity contribution < 1.29 is 0 Å². The van der Waals surface area contributed by atoms with Gasteiger partial charge in [0.2, 0.25) is 0 Å². The molecule has 0 spiro atoms. The second-order valence-electron chi connectivity index (χ2n) is 4.97. The molecule has 0 aromatic carbocycles. The maximum atomic E-state index is 12.2. The Morgan fingerprint density at radius 1 is 1.24 bits per heavy atom. The molecule has 0 saturated heterocycles. The van der Waals surface area contributed by atoms with Crippen molar-refractivity contribution in [2.24, 2.45) is 0 Å². The number of aromatic nitrogens is 4. The van der Waals surface area contributed by atoms with E-state index in [0.29, 0.717) is 17.8 Å². The molecule has 0 aliphatic rings. The molecule has 3 aromatic heterocycles. The van der Waals surface area contributed by atoms with Crippen LogP contribution in [0.2, 0.25) is 0 Å². The van der Waals surface area contributed by atoms with E-state index >= 15 is 0 Å². The highest BCUT2D eigenvalue weighted by atomic mass is 32.1. The molecular formula is C14H16N4O2S. The van der Waals surface area contributed by atoms with Gasteiger partial charge in [-0.25, -0.2) is 9.78 Å². The number of hydrogen-bond donors (Lipinski definition) is 1. The Kier molecular flexibility index (Phi) is 3.29. The molecule has 0 fully saturated rings. The fourth-order valence-electron chi connectivity index (χ4n) is 2.35. The molecule has 3 heterocycles. The Balaban J connectivity index is 2.07. The van der Waals surface area contributed by atoms with Gasteiger partial charge in [0.1, 0.15) is 10.7 Å². The lowest BCUT2D eigenvalue weighted by molar-refractivity contribution is 0.653. The van der Waals surface area contributed by atoms with Crippen molar-refractivity contribution in [3.8, 4) is 0 Å². The molecule has 1 N–H and O–H groups in total. The third kappa shape index (κ3) is 2.23. The molecule has 21 heavy (non-hydrogen) atoms. The number of nitrogens with zero attached hydrogens (tertiary/aromatic N) is 3. The van der Waals surface area contributed by atoms with Crippen LogP contribution in [0.3, 0.4) is 0 Å². The smallest absolute Gasteiger partial charge is 0.308 e. The topological polar surface area (TPSA) is 72.7 Å². The normalized spacial score (nSPS) is 11.4. The summed E-state index contributed by atoms with van der Waals surface area (Å²) in [6, 6.07) is 0. The molecule has 0 aliphatic heterocycles. The van der Waals surface area contributed by atoms with Gasteiger partial charge in [-0.3, -0.25) is 13.9 Å². The van der Waals surface area contributed by atoms with Crippen molar-refractivity contribution in [2.75, 3.05) is 0 Å². The summed E-state index contributed by atoms with van der Waals surface area (Å²) in [5.41, 5.74) is 0.739. The predicted octanol–water partition coefficient (Wildman–Crippen LogP) is 1.63. The van der Waals surface area contributed by atoms with Crippen LogP contribution in [0, 0.1) is 13.8 Å². The van der Waals surface area contributed by atoms with Crippen molar-refractivity contribution in [3.05, 3.63) is 49.5 Å². The van der Waals surface area contributed by atoms with Crippen LogP contribution in [-0.4, -0.2) is 19.1 Å². The Hall–Kier alpha value is -2.15. The fourth-order valence-corrected chi connectivity index (χ4v) is 3.40. The van der Waals surface area contributed by atoms with E-state index in [2.05, 4.69) is 9.97 Å². The first kappa shape index (κ1) is 13.8. The molecule has 0 unspecified atom stereocenters. The molecule has 0 atom stereocenters. The monoisotopic (exact) mass is 304 g/mol. The predicted molar refractivity (Wildman–Crippen MR) is 83.2 cm³/mol. The Morgan fingerprint density at radius 2 is 1.95 bits per heavy atom. The highest BCUT2D eigenvalue weighted by Gasteiger charge is 2.12. The maximum absolute atomic E-state index is 12.2. The van der Waals surface area contributed by atoms with E-state index in [0.717, 1.165) is 15.3 Å². The standard InChI is InChI=1S/C14H16N4O2S/c1-4-17-5-6-18(14(17)20)7-10-15-12(19)11-8(2)9(3)21-13(11)16-10/h5-6H,4,7H2,1-3H3,(H,15,16,19). The summed E-state index contributed by atoms with van der Waals surface area (Å²) in [4.78, 5) is 33.3. The fraction of sp³-hybridized carbons (Fsp3) is 0.357. The lowest BCUT2D eigenvalue weighted by atomic mass is 10.2. The summed E-state index contributed by atoms with van der Waals surface area (Å²) < 4.78 is 3.15. The first-order chi connectivity index (χ1) is 10.0. The van der Waals surface area contributed by atoms with Crippen LogP contribution in [0.5, 0.6) is 0 Å². The molecule has 3 aromatic rings. The minimum absolute atomic E-state index is 0.0983. The minimum Gasteiger partial charge on any atom is -0.308 e. The summed E-state index contributed by atoms with van der Waals surface area (Å²) in [5, 5.41) is 0.653. The van der Waals surface area contributed by atoms with Crippen LogP contribution >= 0.6 is 11.3 Å². The van der Waals surface area contributed by atoms with E-state index in [9.17, 15) is 9.59 Å². The van der Waals surface area contributed by atoms with Crippen molar-refractivity contribution in [2.45, 2.75) is 33.9 Å². The number of H-pyrrole nitrogens is 1. The van der Waals surface area contributed by atoms with E-state index in [-0.39, 0.29) is 17.8 Å². The molecule has 6 nitrogen and oxygen atoms in total. The van der Waals surface area contributed by atoms with Gasteiger partial charge in [0.25, 0.3) is 5.56 Å². The zero-order chi connectivity index (χ0) is 15.1. The number of rotatable bonds is 3. The molecule has 0 saturated carbocycles. The highest BCUT2D eigenvalue weighted by molar-refractivity contribution is 7.18. The first-order valence-corrected chi connectivity index (χ1v) is 7.57. The van der Waals surface area contributed by atoms with Gasteiger partial charge in [0.05, 0.1) is 11.9 Å².